The summed E-state index contributed by atoms with van der Waals surface area (Å²) in [7, 11) is 0. The van der Waals surface area contributed by atoms with Gasteiger partial charge in [-0.3, -0.25) is 9.69 Å². The number of rotatable bonds is 3. The van der Waals surface area contributed by atoms with Crippen LogP contribution in [-0.2, 0) is 11.3 Å². The Balaban J connectivity index is 1.65. The van der Waals surface area contributed by atoms with Crippen LogP contribution in [0.2, 0.25) is 0 Å². The number of carbonyl (C=O) groups is 1. The number of aromatic nitrogens is 2. The van der Waals surface area contributed by atoms with E-state index in [1.54, 1.807) is 11.8 Å². The number of para-hydroxylation sites is 2. The molecule has 1 aliphatic heterocycles. The number of hydrogen-bond acceptors (Lipinski definition) is 5. The molecule has 0 radical (unpaired) electrons. The van der Waals surface area contributed by atoms with E-state index in [1.165, 1.54) is 0 Å². The van der Waals surface area contributed by atoms with Crippen molar-refractivity contribution < 1.29 is 14.1 Å². The summed E-state index contributed by atoms with van der Waals surface area (Å²) >= 11 is 0. The van der Waals surface area contributed by atoms with Gasteiger partial charge in [0, 0.05) is 5.56 Å². The van der Waals surface area contributed by atoms with Crippen LogP contribution in [-0.4, -0.2) is 22.2 Å². The van der Waals surface area contributed by atoms with Crippen LogP contribution in [0, 0.1) is 6.92 Å². The zero-order valence-electron chi connectivity index (χ0n) is 14.0. The molecule has 0 saturated heterocycles. The number of hydrogen-bond donors (Lipinski definition) is 0. The van der Waals surface area contributed by atoms with E-state index in [0.29, 0.717) is 23.2 Å². The topological polar surface area (TPSA) is 68.5 Å². The van der Waals surface area contributed by atoms with E-state index in [9.17, 15) is 4.79 Å². The second kappa shape index (κ2) is 6.05. The predicted octanol–water partition coefficient (Wildman–Crippen LogP) is 3.36. The Morgan fingerprint density at radius 1 is 1.12 bits per heavy atom. The molecular weight excluding hydrogens is 318 g/mol. The first kappa shape index (κ1) is 15.4. The van der Waals surface area contributed by atoms with E-state index in [0.717, 1.165) is 11.1 Å². The van der Waals surface area contributed by atoms with Crippen LogP contribution in [0.15, 0.2) is 53.1 Å². The number of nitrogens with zero attached hydrogens (tertiary/aromatic N) is 3. The van der Waals surface area contributed by atoms with Gasteiger partial charge in [-0.1, -0.05) is 41.6 Å². The molecular formula is C19H17N3O3. The van der Waals surface area contributed by atoms with Crippen molar-refractivity contribution in [1.29, 1.82) is 0 Å². The van der Waals surface area contributed by atoms with Gasteiger partial charge in [-0.25, -0.2) is 0 Å². The van der Waals surface area contributed by atoms with Crippen molar-refractivity contribution in [3.05, 3.63) is 60.0 Å². The number of carbonyl (C=O) groups excluding carboxylic acids is 1. The minimum Gasteiger partial charge on any atom is -0.479 e. The van der Waals surface area contributed by atoms with Gasteiger partial charge in [-0.15, -0.1) is 0 Å². The second-order valence-corrected chi connectivity index (χ2v) is 5.98. The smallest absolute Gasteiger partial charge is 0.268 e. The van der Waals surface area contributed by atoms with Gasteiger partial charge in [0.1, 0.15) is 12.3 Å². The molecule has 0 unspecified atom stereocenters. The van der Waals surface area contributed by atoms with Gasteiger partial charge < -0.3 is 9.26 Å². The Morgan fingerprint density at radius 2 is 1.88 bits per heavy atom. The molecule has 126 valence electrons. The molecule has 0 spiro atoms. The highest BCUT2D eigenvalue weighted by Gasteiger charge is 2.32. The summed E-state index contributed by atoms with van der Waals surface area (Å²) in [6.45, 7) is 3.94. The monoisotopic (exact) mass is 335 g/mol. The van der Waals surface area contributed by atoms with Crippen LogP contribution in [0.5, 0.6) is 5.75 Å². The van der Waals surface area contributed by atoms with Crippen LogP contribution in [0.25, 0.3) is 11.4 Å². The Bertz CT molecular complexity index is 935. The summed E-state index contributed by atoms with van der Waals surface area (Å²) in [5.74, 6) is 1.45. The molecule has 0 fully saturated rings. The van der Waals surface area contributed by atoms with Gasteiger partial charge in [0.15, 0.2) is 6.10 Å². The quantitative estimate of drug-likeness (QED) is 0.734. The van der Waals surface area contributed by atoms with Crippen LogP contribution in [0.1, 0.15) is 18.4 Å². The molecule has 0 aliphatic carbocycles. The van der Waals surface area contributed by atoms with Crippen molar-refractivity contribution in [1.82, 2.24) is 10.1 Å². The highest BCUT2D eigenvalue weighted by molar-refractivity contribution is 5.99. The molecule has 0 saturated carbocycles. The minimum atomic E-state index is -0.548. The maximum atomic E-state index is 12.5. The Kier molecular flexibility index (Phi) is 3.72. The lowest BCUT2D eigenvalue weighted by Crippen LogP contribution is -2.44. The summed E-state index contributed by atoms with van der Waals surface area (Å²) in [5.41, 5.74) is 2.69. The number of aryl methyl sites for hydroxylation is 1. The van der Waals surface area contributed by atoms with E-state index in [-0.39, 0.29) is 12.5 Å². The molecule has 6 heteroatoms. The standard InChI is InChI=1S/C19H17N3O3/c1-12-7-3-4-8-14(12)18-20-17(25-21-18)11-22-15-9-5-6-10-16(15)24-13(2)19(22)23/h3-10,13H,11H2,1-2H3/t13-/m1/s1. The lowest BCUT2D eigenvalue weighted by Gasteiger charge is -2.31. The van der Waals surface area contributed by atoms with Crippen LogP contribution in [0.3, 0.4) is 0 Å². The van der Waals surface area contributed by atoms with Gasteiger partial charge in [0.05, 0.1) is 5.69 Å². The Labute approximate surface area is 145 Å². The highest BCUT2D eigenvalue weighted by Crippen LogP contribution is 2.34. The van der Waals surface area contributed by atoms with Crippen molar-refractivity contribution in [3.63, 3.8) is 0 Å². The van der Waals surface area contributed by atoms with Gasteiger partial charge in [0.25, 0.3) is 5.91 Å². The molecule has 3 aromatic rings. The molecule has 1 amide bonds. The molecule has 2 heterocycles. The van der Waals surface area contributed by atoms with Gasteiger partial charge in [-0.05, 0) is 31.5 Å². The molecule has 1 atom stereocenters. The number of amides is 1. The van der Waals surface area contributed by atoms with Crippen LogP contribution >= 0.6 is 0 Å². The van der Waals surface area contributed by atoms with Gasteiger partial charge in [0.2, 0.25) is 11.7 Å². The molecule has 6 nitrogen and oxygen atoms in total. The number of fused-ring (bicyclic) bond motifs is 1. The fraction of sp³-hybridized carbons (Fsp3) is 0.211. The maximum absolute atomic E-state index is 12.5. The lowest BCUT2D eigenvalue weighted by molar-refractivity contribution is -0.125. The summed E-state index contributed by atoms with van der Waals surface area (Å²) in [6, 6.07) is 15.3. The first-order valence-electron chi connectivity index (χ1n) is 8.09. The molecule has 0 N–H and O–H groups in total. The summed E-state index contributed by atoms with van der Waals surface area (Å²) in [5, 5.41) is 4.06. The summed E-state index contributed by atoms with van der Waals surface area (Å²) < 4.78 is 11.0. The molecule has 1 aromatic heterocycles. The largest absolute Gasteiger partial charge is 0.479 e. The average Bonchev–Trinajstić information content (AvgIpc) is 3.08. The average molecular weight is 335 g/mol. The summed E-state index contributed by atoms with van der Waals surface area (Å²) in [4.78, 5) is 18.6. The molecule has 2 aromatic carbocycles. The van der Waals surface area contributed by atoms with E-state index in [4.69, 9.17) is 9.26 Å². The third kappa shape index (κ3) is 2.76. The molecule has 0 bridgehead atoms. The summed E-state index contributed by atoms with van der Waals surface area (Å²) in [6.07, 6.45) is -0.548. The van der Waals surface area contributed by atoms with E-state index in [2.05, 4.69) is 10.1 Å². The SMILES string of the molecule is Cc1ccccc1-c1noc(CN2C(=O)[C@@H](C)Oc3ccccc32)n1. The lowest BCUT2D eigenvalue weighted by atomic mass is 10.1. The molecule has 25 heavy (non-hydrogen) atoms. The number of benzene rings is 2. The van der Waals surface area contributed by atoms with E-state index >= 15 is 0 Å². The Hall–Kier alpha value is -3.15. The fourth-order valence-electron chi connectivity index (χ4n) is 2.91. The van der Waals surface area contributed by atoms with E-state index in [1.807, 2.05) is 55.5 Å². The maximum Gasteiger partial charge on any atom is 0.268 e. The van der Waals surface area contributed by atoms with Crippen molar-refractivity contribution in [2.24, 2.45) is 0 Å². The van der Waals surface area contributed by atoms with Crippen LogP contribution in [0.4, 0.5) is 5.69 Å². The molecule has 1 aliphatic rings. The van der Waals surface area contributed by atoms with Gasteiger partial charge in [-0.2, -0.15) is 4.98 Å². The third-order valence-electron chi connectivity index (χ3n) is 4.22. The van der Waals surface area contributed by atoms with Crippen molar-refractivity contribution >= 4 is 11.6 Å². The normalized spacial score (nSPS) is 16.5. The fourth-order valence-corrected chi connectivity index (χ4v) is 2.91. The number of anilines is 1. The van der Waals surface area contributed by atoms with E-state index < -0.39 is 6.10 Å². The second-order valence-electron chi connectivity index (χ2n) is 5.98. The first-order chi connectivity index (χ1) is 12.1. The first-order valence-corrected chi connectivity index (χ1v) is 8.09. The predicted molar refractivity (Wildman–Crippen MR) is 92.2 cm³/mol. The zero-order chi connectivity index (χ0) is 17.4. The number of ether oxygens (including phenoxy) is 1. The van der Waals surface area contributed by atoms with Crippen molar-refractivity contribution in [2.45, 2.75) is 26.5 Å². The van der Waals surface area contributed by atoms with Gasteiger partial charge >= 0.3 is 0 Å². The van der Waals surface area contributed by atoms with Crippen LogP contribution < -0.4 is 9.64 Å². The van der Waals surface area contributed by atoms with Crippen molar-refractivity contribution in [2.75, 3.05) is 4.90 Å². The molecule has 4 rings (SSSR count). The Morgan fingerprint density at radius 3 is 2.72 bits per heavy atom. The highest BCUT2D eigenvalue weighted by atomic mass is 16.5. The minimum absolute atomic E-state index is 0.130. The third-order valence-corrected chi connectivity index (χ3v) is 4.22. The van der Waals surface area contributed by atoms with Crippen molar-refractivity contribution in [3.8, 4) is 17.1 Å². The zero-order valence-corrected chi connectivity index (χ0v) is 14.0.